The van der Waals surface area contributed by atoms with E-state index in [1.54, 1.807) is 0 Å². The highest BCUT2D eigenvalue weighted by Crippen LogP contribution is 2.61. The fourth-order valence-corrected chi connectivity index (χ4v) is 7.02. The highest BCUT2D eigenvalue weighted by Gasteiger charge is 2.56. The van der Waals surface area contributed by atoms with Crippen LogP contribution < -0.4 is 5.32 Å². The fraction of sp³-hybridized carbons (Fsp3) is 0.462. The SMILES string of the molecule is O=C(N[C@H](C(=O)O)C12CC3CC(CC(C3)C1)C2)C(c1ccccc1)c1ccccc1. The monoisotopic (exact) mass is 403 g/mol. The van der Waals surface area contributed by atoms with Crippen molar-refractivity contribution in [3.63, 3.8) is 0 Å². The molecule has 2 N–H and O–H groups in total. The van der Waals surface area contributed by atoms with Crippen LogP contribution in [0.25, 0.3) is 0 Å². The van der Waals surface area contributed by atoms with Crippen LogP contribution in [0.5, 0.6) is 0 Å². The summed E-state index contributed by atoms with van der Waals surface area (Å²) in [6.45, 7) is 0. The topological polar surface area (TPSA) is 66.4 Å². The van der Waals surface area contributed by atoms with E-state index in [1.807, 2.05) is 60.7 Å². The van der Waals surface area contributed by atoms with E-state index in [1.165, 1.54) is 19.3 Å². The minimum atomic E-state index is -0.884. The quantitative estimate of drug-likeness (QED) is 0.740. The van der Waals surface area contributed by atoms with Gasteiger partial charge in [-0.2, -0.15) is 0 Å². The third kappa shape index (κ3) is 3.42. The second kappa shape index (κ2) is 7.57. The Morgan fingerprint density at radius 1 is 0.800 bits per heavy atom. The predicted molar refractivity (Wildman–Crippen MR) is 115 cm³/mol. The average molecular weight is 404 g/mol. The molecule has 6 rings (SSSR count). The average Bonchev–Trinajstić information content (AvgIpc) is 2.72. The summed E-state index contributed by atoms with van der Waals surface area (Å²) in [5.41, 5.74) is 1.49. The van der Waals surface area contributed by atoms with E-state index in [0.29, 0.717) is 17.8 Å². The van der Waals surface area contributed by atoms with Crippen molar-refractivity contribution < 1.29 is 14.7 Å². The van der Waals surface area contributed by atoms with Crippen LogP contribution >= 0.6 is 0 Å². The molecule has 30 heavy (non-hydrogen) atoms. The van der Waals surface area contributed by atoms with Gasteiger partial charge in [-0.25, -0.2) is 4.79 Å². The molecule has 4 fully saturated rings. The first-order chi connectivity index (χ1) is 14.5. The number of carboxylic acids is 1. The Morgan fingerprint density at radius 3 is 1.63 bits per heavy atom. The van der Waals surface area contributed by atoms with Crippen molar-refractivity contribution in [3.8, 4) is 0 Å². The van der Waals surface area contributed by atoms with Crippen LogP contribution in [-0.2, 0) is 9.59 Å². The zero-order valence-electron chi connectivity index (χ0n) is 17.2. The first-order valence-corrected chi connectivity index (χ1v) is 11.2. The van der Waals surface area contributed by atoms with Gasteiger partial charge >= 0.3 is 5.97 Å². The van der Waals surface area contributed by atoms with E-state index in [4.69, 9.17) is 0 Å². The maximum absolute atomic E-state index is 13.6. The Labute approximate surface area is 177 Å². The Hall–Kier alpha value is -2.62. The lowest BCUT2D eigenvalue weighted by atomic mass is 9.47. The normalized spacial score (nSPS) is 30.2. The smallest absolute Gasteiger partial charge is 0.326 e. The third-order valence-electron chi connectivity index (χ3n) is 7.76. The van der Waals surface area contributed by atoms with Gasteiger partial charge in [0.15, 0.2) is 0 Å². The van der Waals surface area contributed by atoms with E-state index in [2.05, 4.69) is 5.32 Å². The molecule has 1 amide bonds. The first kappa shape index (κ1) is 19.3. The first-order valence-electron chi connectivity index (χ1n) is 11.2. The molecule has 0 aromatic heterocycles. The maximum Gasteiger partial charge on any atom is 0.326 e. The van der Waals surface area contributed by atoms with Crippen LogP contribution in [0.1, 0.15) is 55.6 Å². The van der Waals surface area contributed by atoms with Crippen molar-refractivity contribution >= 4 is 11.9 Å². The van der Waals surface area contributed by atoms with Crippen molar-refractivity contribution in [2.75, 3.05) is 0 Å². The van der Waals surface area contributed by atoms with Gasteiger partial charge in [-0.1, -0.05) is 60.7 Å². The molecule has 4 aliphatic rings. The number of hydrogen-bond acceptors (Lipinski definition) is 2. The van der Waals surface area contributed by atoms with Crippen LogP contribution in [0.4, 0.5) is 0 Å². The number of aliphatic carboxylic acids is 1. The number of carboxylic acid groups (broad SMARTS) is 1. The summed E-state index contributed by atoms with van der Waals surface area (Å²) in [5, 5.41) is 13.2. The molecule has 4 saturated carbocycles. The zero-order valence-corrected chi connectivity index (χ0v) is 17.2. The molecular weight excluding hydrogens is 374 g/mol. The van der Waals surface area contributed by atoms with Crippen molar-refractivity contribution in [1.29, 1.82) is 0 Å². The van der Waals surface area contributed by atoms with Gasteiger partial charge in [0.2, 0.25) is 5.91 Å². The lowest BCUT2D eigenvalue weighted by Gasteiger charge is -2.58. The summed E-state index contributed by atoms with van der Waals surface area (Å²) in [4.78, 5) is 26.0. The summed E-state index contributed by atoms with van der Waals surface area (Å²) in [6.07, 6.45) is 6.56. The summed E-state index contributed by atoms with van der Waals surface area (Å²) in [7, 11) is 0. The molecule has 1 atom stereocenters. The number of nitrogens with one attached hydrogen (secondary N) is 1. The molecule has 0 aliphatic heterocycles. The highest BCUT2D eigenvalue weighted by atomic mass is 16.4. The van der Waals surface area contributed by atoms with E-state index >= 15 is 0 Å². The Kier molecular flexibility index (Phi) is 4.88. The van der Waals surface area contributed by atoms with Gasteiger partial charge in [0, 0.05) is 5.41 Å². The largest absolute Gasteiger partial charge is 0.480 e. The van der Waals surface area contributed by atoms with E-state index in [0.717, 1.165) is 30.4 Å². The van der Waals surface area contributed by atoms with E-state index in [-0.39, 0.29) is 11.3 Å². The molecule has 4 bridgehead atoms. The molecule has 2 aromatic rings. The summed E-state index contributed by atoms with van der Waals surface area (Å²) >= 11 is 0. The maximum atomic E-state index is 13.6. The van der Waals surface area contributed by atoms with Gasteiger partial charge in [0.05, 0.1) is 5.92 Å². The number of carbonyl (C=O) groups excluding carboxylic acids is 1. The highest BCUT2D eigenvalue weighted by molar-refractivity contribution is 5.91. The number of rotatable bonds is 6. The third-order valence-corrected chi connectivity index (χ3v) is 7.76. The number of amides is 1. The number of carbonyl (C=O) groups is 2. The van der Waals surface area contributed by atoms with Crippen LogP contribution in [0.2, 0.25) is 0 Å². The van der Waals surface area contributed by atoms with Gasteiger partial charge in [-0.3, -0.25) is 4.79 Å². The molecule has 4 nitrogen and oxygen atoms in total. The summed E-state index contributed by atoms with van der Waals surface area (Å²) in [5.74, 6) is 0.293. The van der Waals surface area contributed by atoms with Gasteiger partial charge in [-0.05, 0) is 67.4 Å². The van der Waals surface area contributed by atoms with Crippen LogP contribution in [-0.4, -0.2) is 23.0 Å². The van der Waals surface area contributed by atoms with Gasteiger partial charge in [-0.15, -0.1) is 0 Å². The minimum absolute atomic E-state index is 0.212. The van der Waals surface area contributed by atoms with Crippen LogP contribution in [0.15, 0.2) is 60.7 Å². The minimum Gasteiger partial charge on any atom is -0.480 e. The van der Waals surface area contributed by atoms with Crippen molar-refractivity contribution in [3.05, 3.63) is 71.8 Å². The van der Waals surface area contributed by atoms with Crippen molar-refractivity contribution in [2.24, 2.45) is 23.2 Å². The molecule has 0 unspecified atom stereocenters. The second-order valence-electron chi connectivity index (χ2n) is 9.81. The van der Waals surface area contributed by atoms with Crippen LogP contribution in [0.3, 0.4) is 0 Å². The molecule has 156 valence electrons. The van der Waals surface area contributed by atoms with E-state index < -0.39 is 17.9 Å². The lowest BCUT2D eigenvalue weighted by molar-refractivity contribution is -0.154. The molecule has 2 aromatic carbocycles. The molecule has 0 radical (unpaired) electrons. The molecule has 0 saturated heterocycles. The van der Waals surface area contributed by atoms with Gasteiger partial charge in [0.1, 0.15) is 6.04 Å². The Morgan fingerprint density at radius 2 is 1.23 bits per heavy atom. The molecule has 4 heteroatoms. The lowest BCUT2D eigenvalue weighted by Crippen LogP contribution is -2.60. The standard InChI is InChI=1S/C26H29NO3/c28-24(22(20-7-3-1-4-8-20)21-9-5-2-6-10-21)27-23(25(29)30)26-14-17-11-18(15-26)13-19(12-17)16-26/h1-10,17-19,22-23H,11-16H2,(H,27,28)(H,29,30)/t17?,18?,19?,23-,26?/m1/s1. The second-order valence-corrected chi connectivity index (χ2v) is 9.81. The van der Waals surface area contributed by atoms with Gasteiger partial charge < -0.3 is 10.4 Å². The zero-order chi connectivity index (χ0) is 20.7. The van der Waals surface area contributed by atoms with Gasteiger partial charge in [0.25, 0.3) is 0 Å². The molecule has 0 heterocycles. The van der Waals surface area contributed by atoms with Crippen molar-refractivity contribution in [2.45, 2.75) is 50.5 Å². The molecule has 4 aliphatic carbocycles. The Balaban J connectivity index is 1.46. The summed E-state index contributed by atoms with van der Waals surface area (Å²) < 4.78 is 0. The van der Waals surface area contributed by atoms with E-state index in [9.17, 15) is 14.7 Å². The molecule has 0 spiro atoms. The molecular formula is C26H29NO3. The number of benzene rings is 2. The Bertz CT molecular complexity index is 849. The number of hydrogen-bond donors (Lipinski definition) is 2. The summed E-state index contributed by atoms with van der Waals surface area (Å²) in [6, 6.07) is 18.5. The van der Waals surface area contributed by atoms with Crippen molar-refractivity contribution in [1.82, 2.24) is 5.32 Å². The fourth-order valence-electron chi connectivity index (χ4n) is 7.02. The van der Waals surface area contributed by atoms with Crippen LogP contribution in [0, 0.1) is 23.2 Å². The predicted octanol–water partition coefficient (Wildman–Crippen LogP) is 4.60.